The molecule has 1 aliphatic rings. The zero-order chi connectivity index (χ0) is 12.3. The van der Waals surface area contributed by atoms with Gasteiger partial charge in [-0.25, -0.2) is 13.1 Å². The van der Waals surface area contributed by atoms with Gasteiger partial charge in [0.25, 0.3) is 0 Å². The van der Waals surface area contributed by atoms with Gasteiger partial charge in [-0.3, -0.25) is 4.79 Å². The van der Waals surface area contributed by atoms with Crippen molar-refractivity contribution in [3.63, 3.8) is 0 Å². The van der Waals surface area contributed by atoms with E-state index in [2.05, 4.69) is 10.0 Å². The highest BCUT2D eigenvalue weighted by molar-refractivity contribution is 7.89. The van der Waals surface area contributed by atoms with E-state index in [1.165, 1.54) is 12.1 Å². The fourth-order valence-corrected chi connectivity index (χ4v) is 3.12. The van der Waals surface area contributed by atoms with Crippen molar-refractivity contribution in [3.05, 3.63) is 29.8 Å². The van der Waals surface area contributed by atoms with Gasteiger partial charge in [0.1, 0.15) is 6.29 Å². The minimum Gasteiger partial charge on any atom is -0.315 e. The number of rotatable bonds is 4. The van der Waals surface area contributed by atoms with Crippen LogP contribution in [-0.2, 0) is 10.0 Å². The smallest absolute Gasteiger partial charge is 0.240 e. The van der Waals surface area contributed by atoms with Gasteiger partial charge in [0.15, 0.2) is 0 Å². The molecule has 1 aromatic rings. The summed E-state index contributed by atoms with van der Waals surface area (Å²) in [6.45, 7) is 1.47. The van der Waals surface area contributed by atoms with Crippen LogP contribution < -0.4 is 10.0 Å². The summed E-state index contributed by atoms with van der Waals surface area (Å²) < 4.78 is 26.6. The van der Waals surface area contributed by atoms with Crippen LogP contribution in [0.2, 0.25) is 0 Å². The number of aldehydes is 1. The van der Waals surface area contributed by atoms with Crippen molar-refractivity contribution in [2.45, 2.75) is 17.4 Å². The predicted molar refractivity (Wildman–Crippen MR) is 63.4 cm³/mol. The summed E-state index contributed by atoms with van der Waals surface area (Å²) in [4.78, 5) is 10.7. The number of hydrogen-bond donors (Lipinski definition) is 2. The van der Waals surface area contributed by atoms with E-state index < -0.39 is 10.0 Å². The lowest BCUT2D eigenvalue weighted by Crippen LogP contribution is -2.36. The number of carbonyl (C=O) groups excluding carboxylic acids is 1. The van der Waals surface area contributed by atoms with Crippen LogP contribution in [0.15, 0.2) is 29.2 Å². The first-order valence-corrected chi connectivity index (χ1v) is 6.88. The van der Waals surface area contributed by atoms with Crippen molar-refractivity contribution in [1.29, 1.82) is 0 Å². The first kappa shape index (κ1) is 12.2. The Labute approximate surface area is 100 Å². The molecular formula is C11H14N2O3S. The average molecular weight is 254 g/mol. The second-order valence-corrected chi connectivity index (χ2v) is 5.72. The molecule has 0 bridgehead atoms. The average Bonchev–Trinajstić information content (AvgIpc) is 2.81. The first-order valence-electron chi connectivity index (χ1n) is 5.40. The lowest BCUT2D eigenvalue weighted by molar-refractivity contribution is 0.112. The van der Waals surface area contributed by atoms with Crippen LogP contribution in [-0.4, -0.2) is 33.8 Å². The molecule has 6 heteroatoms. The molecule has 2 N–H and O–H groups in total. The standard InChI is InChI=1S/C11H14N2O3S/c14-8-9-2-1-3-11(6-9)17(15,16)13-10-4-5-12-7-10/h1-3,6,8,10,12-13H,4-5,7H2. The Morgan fingerprint density at radius 3 is 2.88 bits per heavy atom. The highest BCUT2D eigenvalue weighted by Crippen LogP contribution is 2.12. The van der Waals surface area contributed by atoms with Crippen molar-refractivity contribution < 1.29 is 13.2 Å². The number of nitrogens with one attached hydrogen (secondary N) is 2. The molecule has 1 aliphatic heterocycles. The molecule has 0 aromatic heterocycles. The van der Waals surface area contributed by atoms with Gasteiger partial charge in [0.05, 0.1) is 4.90 Å². The largest absolute Gasteiger partial charge is 0.315 e. The molecule has 0 saturated carbocycles. The quantitative estimate of drug-likeness (QED) is 0.749. The molecule has 1 atom stereocenters. The minimum absolute atomic E-state index is 0.0695. The Morgan fingerprint density at radius 2 is 2.24 bits per heavy atom. The first-order chi connectivity index (χ1) is 8.12. The number of carbonyl (C=O) groups is 1. The topological polar surface area (TPSA) is 75.3 Å². The monoisotopic (exact) mass is 254 g/mol. The summed E-state index contributed by atoms with van der Waals surface area (Å²) in [5, 5.41) is 3.09. The van der Waals surface area contributed by atoms with Crippen LogP contribution in [0.4, 0.5) is 0 Å². The zero-order valence-corrected chi connectivity index (χ0v) is 10.0. The second kappa shape index (κ2) is 4.95. The molecule has 92 valence electrons. The predicted octanol–water partition coefficient (Wildman–Crippen LogP) is 0.139. The van der Waals surface area contributed by atoms with Crippen LogP contribution in [0, 0.1) is 0 Å². The summed E-state index contributed by atoms with van der Waals surface area (Å²) in [6.07, 6.45) is 1.42. The summed E-state index contributed by atoms with van der Waals surface area (Å²) in [5.41, 5.74) is 0.359. The number of hydrogen-bond acceptors (Lipinski definition) is 4. The molecule has 1 heterocycles. The van der Waals surface area contributed by atoms with Gasteiger partial charge < -0.3 is 5.32 Å². The van der Waals surface area contributed by atoms with E-state index in [0.717, 1.165) is 13.0 Å². The Hall–Kier alpha value is -1.24. The van der Waals surface area contributed by atoms with Crippen LogP contribution in [0.5, 0.6) is 0 Å². The van der Waals surface area contributed by atoms with Crippen molar-refractivity contribution in [2.75, 3.05) is 13.1 Å². The van der Waals surface area contributed by atoms with Gasteiger partial charge in [0, 0.05) is 18.2 Å². The van der Waals surface area contributed by atoms with Gasteiger partial charge in [0.2, 0.25) is 10.0 Å². The Morgan fingerprint density at radius 1 is 1.41 bits per heavy atom. The summed E-state index contributed by atoms with van der Waals surface area (Å²) in [5.74, 6) is 0. The van der Waals surface area contributed by atoms with Crippen molar-refractivity contribution in [2.24, 2.45) is 0 Å². The third-order valence-corrected chi connectivity index (χ3v) is 4.20. The summed E-state index contributed by atoms with van der Waals surface area (Å²) in [6, 6.07) is 5.92. The van der Waals surface area contributed by atoms with Crippen LogP contribution >= 0.6 is 0 Å². The lowest BCUT2D eigenvalue weighted by Gasteiger charge is -2.12. The molecular weight excluding hydrogens is 240 g/mol. The van der Waals surface area contributed by atoms with Crippen LogP contribution in [0.3, 0.4) is 0 Å². The maximum Gasteiger partial charge on any atom is 0.240 e. The Balaban J connectivity index is 2.21. The normalized spacial score (nSPS) is 20.4. The fraction of sp³-hybridized carbons (Fsp3) is 0.364. The Bertz CT molecular complexity index is 507. The third-order valence-electron chi connectivity index (χ3n) is 2.69. The van der Waals surface area contributed by atoms with E-state index in [0.29, 0.717) is 18.4 Å². The minimum atomic E-state index is -3.53. The molecule has 5 nitrogen and oxygen atoms in total. The van der Waals surface area contributed by atoms with E-state index in [1.807, 2.05) is 0 Å². The number of benzene rings is 1. The van der Waals surface area contributed by atoms with Crippen molar-refractivity contribution >= 4 is 16.3 Å². The highest BCUT2D eigenvalue weighted by atomic mass is 32.2. The van der Waals surface area contributed by atoms with Gasteiger partial charge in [-0.05, 0) is 25.1 Å². The molecule has 1 aromatic carbocycles. The Kier molecular flexibility index (Phi) is 3.56. The van der Waals surface area contributed by atoms with Crippen molar-refractivity contribution in [1.82, 2.24) is 10.0 Å². The number of sulfonamides is 1. The van der Waals surface area contributed by atoms with Crippen molar-refractivity contribution in [3.8, 4) is 0 Å². The fourth-order valence-electron chi connectivity index (χ4n) is 1.80. The molecule has 0 radical (unpaired) electrons. The zero-order valence-electron chi connectivity index (χ0n) is 9.22. The van der Waals surface area contributed by atoms with E-state index >= 15 is 0 Å². The molecule has 0 spiro atoms. The molecule has 0 amide bonds. The van der Waals surface area contributed by atoms with Crippen LogP contribution in [0.25, 0.3) is 0 Å². The third kappa shape index (κ3) is 2.91. The van der Waals surface area contributed by atoms with E-state index in [-0.39, 0.29) is 10.9 Å². The highest BCUT2D eigenvalue weighted by Gasteiger charge is 2.22. The van der Waals surface area contributed by atoms with Gasteiger partial charge in [-0.1, -0.05) is 12.1 Å². The van der Waals surface area contributed by atoms with Crippen LogP contribution in [0.1, 0.15) is 16.8 Å². The van der Waals surface area contributed by atoms with Gasteiger partial charge in [-0.15, -0.1) is 0 Å². The second-order valence-electron chi connectivity index (χ2n) is 4.00. The molecule has 17 heavy (non-hydrogen) atoms. The summed E-state index contributed by atoms with van der Waals surface area (Å²) >= 11 is 0. The molecule has 1 fully saturated rings. The molecule has 1 unspecified atom stereocenters. The van der Waals surface area contributed by atoms with E-state index in [1.54, 1.807) is 12.1 Å². The lowest BCUT2D eigenvalue weighted by atomic mass is 10.2. The summed E-state index contributed by atoms with van der Waals surface area (Å²) in [7, 11) is -3.53. The van der Waals surface area contributed by atoms with E-state index in [9.17, 15) is 13.2 Å². The maximum absolute atomic E-state index is 12.0. The SMILES string of the molecule is O=Cc1cccc(S(=O)(=O)NC2CCNC2)c1. The van der Waals surface area contributed by atoms with Gasteiger partial charge >= 0.3 is 0 Å². The molecule has 0 aliphatic carbocycles. The van der Waals surface area contributed by atoms with E-state index in [4.69, 9.17) is 0 Å². The van der Waals surface area contributed by atoms with Gasteiger partial charge in [-0.2, -0.15) is 0 Å². The molecule has 2 rings (SSSR count). The molecule has 1 saturated heterocycles. The maximum atomic E-state index is 12.0.